The third-order valence-electron chi connectivity index (χ3n) is 4.22. The second kappa shape index (κ2) is 7.67. The van der Waals surface area contributed by atoms with Crippen LogP contribution >= 0.6 is 7.60 Å². The molecule has 0 aliphatic carbocycles. The Morgan fingerprint density at radius 3 is 1.72 bits per heavy atom. The van der Waals surface area contributed by atoms with Crippen molar-refractivity contribution in [3.8, 4) is 0 Å². The first kappa shape index (κ1) is 18.1. The molecule has 0 aliphatic rings. The van der Waals surface area contributed by atoms with Gasteiger partial charge in [0.2, 0.25) is 0 Å². The molecule has 0 bridgehead atoms. The summed E-state index contributed by atoms with van der Waals surface area (Å²) >= 11 is 0. The van der Waals surface area contributed by atoms with Crippen molar-refractivity contribution in [1.29, 1.82) is 0 Å². The zero-order valence-corrected chi connectivity index (χ0v) is 13.5. The average Bonchev–Trinajstić information content (AvgIpc) is 2.20. The van der Waals surface area contributed by atoms with E-state index in [0.29, 0.717) is 6.42 Å². The van der Waals surface area contributed by atoms with E-state index in [-0.39, 0.29) is 11.8 Å². The molecule has 2 N–H and O–H groups in total. The molecule has 0 atom stereocenters. The molecule has 4 heteroatoms. The van der Waals surface area contributed by atoms with Gasteiger partial charge in [-0.15, -0.1) is 0 Å². The third kappa shape index (κ3) is 4.36. The molecular formula is C14H31O3P. The minimum absolute atomic E-state index is 0.00417. The van der Waals surface area contributed by atoms with Gasteiger partial charge in [0.1, 0.15) is 0 Å². The Morgan fingerprint density at radius 1 is 0.944 bits per heavy atom. The zero-order valence-electron chi connectivity index (χ0n) is 12.6. The standard InChI is InChI=1S/C14H31O3P/c1-6-7-8-9-10-11-14(12(2)3,13(4)5)18(15,16)17/h12-13H,6-11H2,1-5H3,(H2,15,16,17). The number of hydrogen-bond donors (Lipinski definition) is 2. The quantitative estimate of drug-likeness (QED) is 0.479. The van der Waals surface area contributed by atoms with E-state index in [1.54, 1.807) is 0 Å². The van der Waals surface area contributed by atoms with Crippen LogP contribution in [0.15, 0.2) is 0 Å². The summed E-state index contributed by atoms with van der Waals surface area (Å²) in [6.45, 7) is 9.91. The van der Waals surface area contributed by atoms with Crippen molar-refractivity contribution in [3.63, 3.8) is 0 Å². The molecule has 0 amide bonds. The Balaban J connectivity index is 4.73. The molecule has 0 aromatic carbocycles. The average molecular weight is 278 g/mol. The van der Waals surface area contributed by atoms with Gasteiger partial charge < -0.3 is 9.79 Å². The van der Waals surface area contributed by atoms with Crippen molar-refractivity contribution in [1.82, 2.24) is 0 Å². The van der Waals surface area contributed by atoms with E-state index in [4.69, 9.17) is 0 Å². The second-order valence-electron chi connectivity index (χ2n) is 6.01. The van der Waals surface area contributed by atoms with Crippen molar-refractivity contribution in [2.75, 3.05) is 0 Å². The van der Waals surface area contributed by atoms with Crippen molar-refractivity contribution in [3.05, 3.63) is 0 Å². The highest BCUT2D eigenvalue weighted by molar-refractivity contribution is 7.53. The topological polar surface area (TPSA) is 57.5 Å². The highest BCUT2D eigenvalue weighted by Crippen LogP contribution is 2.60. The van der Waals surface area contributed by atoms with Gasteiger partial charge in [0.25, 0.3) is 0 Å². The van der Waals surface area contributed by atoms with E-state index < -0.39 is 12.8 Å². The lowest BCUT2D eigenvalue weighted by Crippen LogP contribution is -2.40. The van der Waals surface area contributed by atoms with E-state index in [9.17, 15) is 14.4 Å². The lowest BCUT2D eigenvalue weighted by molar-refractivity contribution is 0.220. The maximum Gasteiger partial charge on any atom is 0.332 e. The van der Waals surface area contributed by atoms with Gasteiger partial charge in [-0.1, -0.05) is 66.7 Å². The van der Waals surface area contributed by atoms with E-state index in [1.807, 2.05) is 27.7 Å². The van der Waals surface area contributed by atoms with Crippen molar-refractivity contribution >= 4 is 7.60 Å². The van der Waals surface area contributed by atoms with Gasteiger partial charge in [0.15, 0.2) is 0 Å². The van der Waals surface area contributed by atoms with Crippen LogP contribution in [0.3, 0.4) is 0 Å². The third-order valence-corrected chi connectivity index (χ3v) is 6.56. The van der Waals surface area contributed by atoms with E-state index in [0.717, 1.165) is 12.8 Å². The first-order valence-electron chi connectivity index (χ1n) is 7.25. The second-order valence-corrected chi connectivity index (χ2v) is 7.93. The summed E-state index contributed by atoms with van der Waals surface area (Å²) in [7, 11) is -4.07. The van der Waals surface area contributed by atoms with Gasteiger partial charge in [0.05, 0.1) is 5.16 Å². The summed E-state index contributed by atoms with van der Waals surface area (Å²) in [5.41, 5.74) is 0. The Morgan fingerprint density at radius 2 is 1.39 bits per heavy atom. The summed E-state index contributed by atoms with van der Waals surface area (Å²) in [5, 5.41) is -0.848. The van der Waals surface area contributed by atoms with Crippen LogP contribution in [-0.4, -0.2) is 14.9 Å². The van der Waals surface area contributed by atoms with Gasteiger partial charge in [-0.05, 0) is 18.3 Å². The van der Waals surface area contributed by atoms with Crippen LogP contribution in [-0.2, 0) is 4.57 Å². The maximum absolute atomic E-state index is 12.0. The van der Waals surface area contributed by atoms with Crippen LogP contribution in [0.2, 0.25) is 0 Å². The first-order chi connectivity index (χ1) is 8.20. The van der Waals surface area contributed by atoms with Gasteiger partial charge in [-0.3, -0.25) is 4.57 Å². The number of rotatable bonds is 9. The summed E-state index contributed by atoms with van der Waals surface area (Å²) in [6.07, 6.45) is 6.21. The van der Waals surface area contributed by atoms with Gasteiger partial charge in [-0.25, -0.2) is 0 Å². The minimum atomic E-state index is -4.07. The Bertz CT molecular complexity index is 260. The molecule has 0 aromatic rings. The highest BCUT2D eigenvalue weighted by atomic mass is 31.2. The molecule has 0 aromatic heterocycles. The Hall–Kier alpha value is 0.150. The van der Waals surface area contributed by atoms with E-state index >= 15 is 0 Å². The predicted molar refractivity (Wildman–Crippen MR) is 77.8 cm³/mol. The van der Waals surface area contributed by atoms with Crippen molar-refractivity contribution in [2.45, 2.75) is 78.3 Å². The molecule has 0 unspecified atom stereocenters. The highest BCUT2D eigenvalue weighted by Gasteiger charge is 2.50. The van der Waals surface area contributed by atoms with Gasteiger partial charge in [-0.2, -0.15) is 0 Å². The van der Waals surface area contributed by atoms with Crippen LogP contribution in [0.1, 0.15) is 73.1 Å². The lowest BCUT2D eigenvalue weighted by atomic mass is 9.80. The predicted octanol–water partition coefficient (Wildman–Crippen LogP) is 4.58. The van der Waals surface area contributed by atoms with E-state index in [1.165, 1.54) is 19.3 Å². The molecule has 0 aliphatic heterocycles. The van der Waals surface area contributed by atoms with E-state index in [2.05, 4.69) is 6.92 Å². The maximum atomic E-state index is 12.0. The zero-order chi connectivity index (χ0) is 14.4. The monoisotopic (exact) mass is 278 g/mol. The molecular weight excluding hydrogens is 247 g/mol. The molecule has 0 fully saturated rings. The molecule has 0 saturated heterocycles. The number of unbranched alkanes of at least 4 members (excludes halogenated alkanes) is 4. The summed E-state index contributed by atoms with van der Waals surface area (Å²) in [4.78, 5) is 19.6. The van der Waals surface area contributed by atoms with Crippen LogP contribution in [0.5, 0.6) is 0 Å². The van der Waals surface area contributed by atoms with Crippen molar-refractivity contribution in [2.24, 2.45) is 11.8 Å². The lowest BCUT2D eigenvalue weighted by Gasteiger charge is -2.41. The smallest absolute Gasteiger partial charge is 0.324 e. The molecule has 0 radical (unpaired) electrons. The molecule has 3 nitrogen and oxygen atoms in total. The summed E-state index contributed by atoms with van der Waals surface area (Å²) in [6, 6.07) is 0. The summed E-state index contributed by atoms with van der Waals surface area (Å²) < 4.78 is 12.0. The van der Waals surface area contributed by atoms with Crippen LogP contribution in [0, 0.1) is 11.8 Å². The fourth-order valence-corrected chi connectivity index (χ4v) is 4.87. The molecule has 18 heavy (non-hydrogen) atoms. The summed E-state index contributed by atoms with van der Waals surface area (Å²) in [5.74, 6) is 0.00835. The molecule has 0 heterocycles. The first-order valence-corrected chi connectivity index (χ1v) is 8.87. The van der Waals surface area contributed by atoms with Crippen LogP contribution in [0.25, 0.3) is 0 Å². The SMILES string of the molecule is CCCCCCCC(C(C)C)(C(C)C)P(=O)(O)O. The Kier molecular flexibility index (Phi) is 7.73. The minimum Gasteiger partial charge on any atom is -0.324 e. The normalized spacial score (nSPS) is 13.6. The molecule has 110 valence electrons. The van der Waals surface area contributed by atoms with Crippen molar-refractivity contribution < 1.29 is 14.4 Å². The molecule has 0 rings (SSSR count). The van der Waals surface area contributed by atoms with Gasteiger partial charge >= 0.3 is 7.60 Å². The molecule has 0 spiro atoms. The fraction of sp³-hybridized carbons (Fsp3) is 1.00. The van der Waals surface area contributed by atoms with Crippen LogP contribution < -0.4 is 0 Å². The largest absolute Gasteiger partial charge is 0.332 e. The van der Waals surface area contributed by atoms with Gasteiger partial charge in [0, 0.05) is 0 Å². The fourth-order valence-electron chi connectivity index (χ4n) is 3.07. The number of hydrogen-bond acceptors (Lipinski definition) is 1. The molecule has 0 saturated carbocycles. The van der Waals surface area contributed by atoms with Crippen LogP contribution in [0.4, 0.5) is 0 Å². The Labute approximate surface area is 113 Å².